The van der Waals surface area contributed by atoms with E-state index in [1.807, 2.05) is 6.92 Å². The molecule has 0 atom stereocenters. The molecule has 2 aromatic heterocycles. The Morgan fingerprint density at radius 3 is 2.87 bits per heavy atom. The Bertz CT molecular complexity index is 533. The van der Waals surface area contributed by atoms with Gasteiger partial charge in [-0.2, -0.15) is 5.10 Å². The van der Waals surface area contributed by atoms with Crippen molar-refractivity contribution in [3.63, 3.8) is 0 Å². The third-order valence-corrected chi connectivity index (χ3v) is 2.69. The Kier molecular flexibility index (Phi) is 2.44. The largest absolute Gasteiger partial charge is 0.294 e. The van der Waals surface area contributed by atoms with Gasteiger partial charge < -0.3 is 0 Å². The fourth-order valence-corrected chi connectivity index (χ4v) is 1.79. The smallest absolute Gasteiger partial charge is 0.162 e. The number of aromatic nitrogens is 3. The molecule has 2 rings (SSSR count). The molecule has 15 heavy (non-hydrogen) atoms. The first kappa shape index (κ1) is 10.1. The highest BCUT2D eigenvalue weighted by atomic mass is 35.5. The van der Waals surface area contributed by atoms with E-state index in [-0.39, 0.29) is 5.78 Å². The number of halogens is 1. The van der Waals surface area contributed by atoms with Gasteiger partial charge in [-0.3, -0.25) is 4.79 Å². The molecule has 78 valence electrons. The predicted molar refractivity (Wildman–Crippen MR) is 58.2 cm³/mol. The van der Waals surface area contributed by atoms with Crippen LogP contribution in [0.2, 0.25) is 5.02 Å². The minimum atomic E-state index is -0.0846. The Hall–Kier alpha value is -1.42. The zero-order valence-electron chi connectivity index (χ0n) is 8.49. The molecule has 4 nitrogen and oxygen atoms in total. The molecular formula is C10H10ClN3O. The van der Waals surface area contributed by atoms with Crippen molar-refractivity contribution in [3.8, 4) is 0 Å². The molecule has 0 fully saturated rings. The van der Waals surface area contributed by atoms with Crippen LogP contribution in [-0.2, 0) is 6.54 Å². The summed E-state index contributed by atoms with van der Waals surface area (Å²) in [5, 5.41) is 5.30. The first-order valence-electron chi connectivity index (χ1n) is 4.66. The fourth-order valence-electron chi connectivity index (χ4n) is 1.47. The molecule has 0 saturated carbocycles. The molecule has 0 aliphatic rings. The van der Waals surface area contributed by atoms with Crippen LogP contribution in [0.15, 0.2) is 12.4 Å². The van der Waals surface area contributed by atoms with Crippen molar-refractivity contribution in [2.75, 3.05) is 0 Å². The number of aryl methyl sites for hydroxylation is 1. The van der Waals surface area contributed by atoms with Crippen LogP contribution in [0.4, 0.5) is 0 Å². The van der Waals surface area contributed by atoms with Crippen molar-refractivity contribution in [3.05, 3.63) is 23.0 Å². The summed E-state index contributed by atoms with van der Waals surface area (Å²) >= 11 is 6.09. The minimum Gasteiger partial charge on any atom is -0.294 e. The van der Waals surface area contributed by atoms with E-state index in [1.54, 1.807) is 10.9 Å². The average molecular weight is 224 g/mol. The Balaban J connectivity index is 2.75. The summed E-state index contributed by atoms with van der Waals surface area (Å²) < 4.78 is 1.74. The second-order valence-corrected chi connectivity index (χ2v) is 3.62. The fraction of sp³-hybridized carbons (Fsp3) is 0.300. The van der Waals surface area contributed by atoms with Crippen molar-refractivity contribution in [1.29, 1.82) is 0 Å². The summed E-state index contributed by atoms with van der Waals surface area (Å²) in [5.41, 5.74) is 1.16. The highest BCUT2D eigenvalue weighted by molar-refractivity contribution is 6.38. The molecule has 0 aromatic carbocycles. The molecule has 2 heterocycles. The molecule has 0 radical (unpaired) electrons. The predicted octanol–water partition coefficient (Wildman–Crippen LogP) is 2.31. The van der Waals surface area contributed by atoms with Gasteiger partial charge in [0.05, 0.1) is 22.2 Å². The highest BCUT2D eigenvalue weighted by Gasteiger charge is 2.13. The summed E-state index contributed by atoms with van der Waals surface area (Å²) in [6.45, 7) is 4.17. The van der Waals surface area contributed by atoms with E-state index >= 15 is 0 Å². The van der Waals surface area contributed by atoms with E-state index in [4.69, 9.17) is 11.6 Å². The minimum absolute atomic E-state index is 0.0846. The Morgan fingerprint density at radius 2 is 2.27 bits per heavy atom. The van der Waals surface area contributed by atoms with E-state index in [0.717, 1.165) is 11.9 Å². The van der Waals surface area contributed by atoms with Gasteiger partial charge in [0, 0.05) is 12.7 Å². The molecule has 0 aliphatic carbocycles. The number of hydrogen-bond acceptors (Lipinski definition) is 3. The van der Waals surface area contributed by atoms with Gasteiger partial charge in [-0.25, -0.2) is 9.67 Å². The Morgan fingerprint density at radius 1 is 1.53 bits per heavy atom. The molecular weight excluding hydrogens is 214 g/mol. The van der Waals surface area contributed by atoms with Crippen molar-refractivity contribution < 1.29 is 4.79 Å². The van der Waals surface area contributed by atoms with Gasteiger partial charge in [-0.1, -0.05) is 11.6 Å². The standard InChI is InChI=1S/C10H10ClN3O/c1-3-14-10-8(5-13-14)9(11)7(4-12-10)6(2)15/h4-5H,3H2,1-2H3. The van der Waals surface area contributed by atoms with Crippen LogP contribution in [0.5, 0.6) is 0 Å². The van der Waals surface area contributed by atoms with Gasteiger partial charge in [0.25, 0.3) is 0 Å². The first-order valence-corrected chi connectivity index (χ1v) is 5.04. The van der Waals surface area contributed by atoms with Crippen LogP contribution in [0.1, 0.15) is 24.2 Å². The van der Waals surface area contributed by atoms with Crippen molar-refractivity contribution in [1.82, 2.24) is 14.8 Å². The molecule has 0 saturated heterocycles. The maximum absolute atomic E-state index is 11.2. The quantitative estimate of drug-likeness (QED) is 0.734. The van der Waals surface area contributed by atoms with Gasteiger partial charge >= 0.3 is 0 Å². The number of rotatable bonds is 2. The zero-order valence-corrected chi connectivity index (χ0v) is 9.25. The normalized spacial score (nSPS) is 10.9. The lowest BCUT2D eigenvalue weighted by molar-refractivity contribution is 0.101. The Labute approximate surface area is 91.9 Å². The lowest BCUT2D eigenvalue weighted by Crippen LogP contribution is -1.99. The summed E-state index contributed by atoms with van der Waals surface area (Å²) in [5.74, 6) is -0.0846. The van der Waals surface area contributed by atoms with Gasteiger partial charge in [-0.15, -0.1) is 0 Å². The summed E-state index contributed by atoms with van der Waals surface area (Å²) in [7, 11) is 0. The summed E-state index contributed by atoms with van der Waals surface area (Å²) in [4.78, 5) is 15.4. The van der Waals surface area contributed by atoms with Gasteiger partial charge in [0.15, 0.2) is 11.4 Å². The van der Waals surface area contributed by atoms with Crippen molar-refractivity contribution in [2.45, 2.75) is 20.4 Å². The van der Waals surface area contributed by atoms with E-state index in [9.17, 15) is 4.79 Å². The molecule has 0 unspecified atom stereocenters. The lowest BCUT2D eigenvalue weighted by atomic mass is 10.2. The van der Waals surface area contributed by atoms with Crippen LogP contribution in [0.3, 0.4) is 0 Å². The summed E-state index contributed by atoms with van der Waals surface area (Å²) in [6.07, 6.45) is 3.14. The SMILES string of the molecule is CCn1ncc2c(Cl)c(C(C)=O)cnc21. The molecule has 0 amide bonds. The summed E-state index contributed by atoms with van der Waals surface area (Å²) in [6, 6.07) is 0. The number of Topliss-reactive ketones (excluding diaryl/α,β-unsaturated/α-hetero) is 1. The topological polar surface area (TPSA) is 47.8 Å². The van der Waals surface area contributed by atoms with Crippen LogP contribution >= 0.6 is 11.6 Å². The lowest BCUT2D eigenvalue weighted by Gasteiger charge is -2.01. The maximum atomic E-state index is 11.2. The van der Waals surface area contributed by atoms with E-state index in [2.05, 4.69) is 10.1 Å². The number of fused-ring (bicyclic) bond motifs is 1. The number of pyridine rings is 1. The number of carbonyl (C=O) groups is 1. The number of ketones is 1. The molecule has 0 N–H and O–H groups in total. The number of nitrogens with zero attached hydrogens (tertiary/aromatic N) is 3. The third-order valence-electron chi connectivity index (χ3n) is 2.28. The zero-order chi connectivity index (χ0) is 11.0. The molecule has 0 bridgehead atoms. The van der Waals surface area contributed by atoms with Gasteiger partial charge in [0.2, 0.25) is 0 Å². The molecule has 0 spiro atoms. The number of carbonyl (C=O) groups excluding carboxylic acids is 1. The van der Waals surface area contributed by atoms with Crippen molar-refractivity contribution >= 4 is 28.4 Å². The first-order chi connectivity index (χ1) is 7.15. The van der Waals surface area contributed by atoms with E-state index in [1.165, 1.54) is 13.1 Å². The van der Waals surface area contributed by atoms with Crippen LogP contribution in [-0.4, -0.2) is 20.5 Å². The molecule has 2 aromatic rings. The van der Waals surface area contributed by atoms with Crippen LogP contribution in [0.25, 0.3) is 11.0 Å². The van der Waals surface area contributed by atoms with E-state index in [0.29, 0.717) is 16.2 Å². The van der Waals surface area contributed by atoms with Crippen molar-refractivity contribution in [2.24, 2.45) is 0 Å². The van der Waals surface area contributed by atoms with Gasteiger partial charge in [0.1, 0.15) is 0 Å². The number of hydrogen-bond donors (Lipinski definition) is 0. The highest BCUT2D eigenvalue weighted by Crippen LogP contribution is 2.25. The van der Waals surface area contributed by atoms with Crippen LogP contribution in [0, 0.1) is 0 Å². The van der Waals surface area contributed by atoms with Gasteiger partial charge in [-0.05, 0) is 13.8 Å². The average Bonchev–Trinajstić information content (AvgIpc) is 2.61. The van der Waals surface area contributed by atoms with E-state index < -0.39 is 0 Å². The second-order valence-electron chi connectivity index (χ2n) is 3.24. The monoisotopic (exact) mass is 223 g/mol. The van der Waals surface area contributed by atoms with Crippen LogP contribution < -0.4 is 0 Å². The molecule has 0 aliphatic heterocycles. The second kappa shape index (κ2) is 3.62. The molecule has 5 heteroatoms. The third kappa shape index (κ3) is 1.51. The maximum Gasteiger partial charge on any atom is 0.162 e.